The number of carbonyl (C=O) groups is 1. The number of anilines is 1. The van der Waals surface area contributed by atoms with E-state index in [2.05, 4.69) is 20.3 Å². The van der Waals surface area contributed by atoms with Gasteiger partial charge in [-0.1, -0.05) is 0 Å². The summed E-state index contributed by atoms with van der Waals surface area (Å²) in [6.45, 7) is 0. The number of hydrogen-bond acceptors (Lipinski definition) is 7. The van der Waals surface area contributed by atoms with Gasteiger partial charge in [-0.25, -0.2) is 4.98 Å². The van der Waals surface area contributed by atoms with E-state index in [9.17, 15) is 4.79 Å². The van der Waals surface area contributed by atoms with E-state index in [1.54, 1.807) is 0 Å². The Hall–Kier alpha value is -3.21. The molecule has 0 saturated carbocycles. The molecule has 0 saturated heterocycles. The topological polar surface area (TPSA) is 110 Å². The molecule has 0 spiro atoms. The maximum Gasteiger partial charge on any atom is 0.276 e. The SMILES string of the molecule is COc1cc(OC)nc(NC(=O)c2ccc(C#N)cn2)n1. The minimum Gasteiger partial charge on any atom is -0.481 e. The second-order valence-corrected chi connectivity index (χ2v) is 3.77. The van der Waals surface area contributed by atoms with E-state index in [0.717, 1.165) is 0 Å². The lowest BCUT2D eigenvalue weighted by Gasteiger charge is -2.07. The Morgan fingerprint density at radius 3 is 2.38 bits per heavy atom. The highest BCUT2D eigenvalue weighted by atomic mass is 16.5. The van der Waals surface area contributed by atoms with E-state index in [4.69, 9.17) is 14.7 Å². The number of nitrogens with one attached hydrogen (secondary N) is 1. The molecule has 2 aromatic rings. The standard InChI is InChI=1S/C13H11N5O3/c1-20-10-5-11(21-2)17-13(16-10)18-12(19)9-4-3-8(6-14)7-15-9/h3-5,7H,1-2H3,(H,16,17,18,19). The maximum atomic E-state index is 12.0. The molecule has 8 heteroatoms. The van der Waals surface area contributed by atoms with Crippen molar-refractivity contribution in [1.29, 1.82) is 5.26 Å². The molecular formula is C13H11N5O3. The van der Waals surface area contributed by atoms with Gasteiger partial charge in [0.2, 0.25) is 17.7 Å². The van der Waals surface area contributed by atoms with Crippen LogP contribution in [0.5, 0.6) is 11.8 Å². The van der Waals surface area contributed by atoms with Crippen molar-refractivity contribution >= 4 is 11.9 Å². The predicted octanol–water partition coefficient (Wildman–Crippen LogP) is 1.01. The van der Waals surface area contributed by atoms with Crippen LogP contribution in [-0.2, 0) is 0 Å². The van der Waals surface area contributed by atoms with E-state index < -0.39 is 5.91 Å². The molecule has 2 aromatic heterocycles. The van der Waals surface area contributed by atoms with Gasteiger partial charge in [-0.2, -0.15) is 15.2 Å². The van der Waals surface area contributed by atoms with Crippen LogP contribution in [0, 0.1) is 11.3 Å². The van der Waals surface area contributed by atoms with Gasteiger partial charge in [0.1, 0.15) is 11.8 Å². The number of nitrogens with zero attached hydrogens (tertiary/aromatic N) is 4. The third-order valence-corrected chi connectivity index (χ3v) is 2.45. The average molecular weight is 285 g/mol. The zero-order valence-electron chi connectivity index (χ0n) is 11.3. The fraction of sp³-hybridized carbons (Fsp3) is 0.154. The van der Waals surface area contributed by atoms with Crippen LogP contribution in [-0.4, -0.2) is 35.1 Å². The second kappa shape index (κ2) is 6.29. The van der Waals surface area contributed by atoms with E-state index in [0.29, 0.717) is 5.56 Å². The number of carbonyl (C=O) groups excluding carboxylic acids is 1. The van der Waals surface area contributed by atoms with Crippen molar-refractivity contribution in [2.24, 2.45) is 0 Å². The predicted molar refractivity (Wildman–Crippen MR) is 72.0 cm³/mol. The Morgan fingerprint density at radius 2 is 1.90 bits per heavy atom. The van der Waals surface area contributed by atoms with Crippen molar-refractivity contribution < 1.29 is 14.3 Å². The molecule has 0 aliphatic carbocycles. The Bertz CT molecular complexity index is 672. The minimum atomic E-state index is -0.505. The first-order chi connectivity index (χ1) is 10.2. The molecule has 21 heavy (non-hydrogen) atoms. The summed E-state index contributed by atoms with van der Waals surface area (Å²) in [5.41, 5.74) is 0.505. The molecule has 0 unspecified atom stereocenters. The quantitative estimate of drug-likeness (QED) is 0.892. The molecule has 1 amide bonds. The van der Waals surface area contributed by atoms with E-state index in [1.165, 1.54) is 38.6 Å². The van der Waals surface area contributed by atoms with Crippen LogP contribution in [0.15, 0.2) is 24.4 Å². The Balaban J connectivity index is 2.20. The largest absolute Gasteiger partial charge is 0.481 e. The first-order valence-electron chi connectivity index (χ1n) is 5.81. The lowest BCUT2D eigenvalue weighted by atomic mass is 10.2. The maximum absolute atomic E-state index is 12.0. The van der Waals surface area contributed by atoms with Crippen molar-refractivity contribution in [1.82, 2.24) is 15.0 Å². The number of ether oxygens (including phenoxy) is 2. The van der Waals surface area contributed by atoms with E-state index in [1.807, 2.05) is 6.07 Å². The number of pyridine rings is 1. The van der Waals surface area contributed by atoms with Crippen LogP contribution in [0.2, 0.25) is 0 Å². The number of amides is 1. The summed E-state index contributed by atoms with van der Waals surface area (Å²) in [5, 5.41) is 11.2. The fourth-order valence-corrected chi connectivity index (χ4v) is 1.43. The highest BCUT2D eigenvalue weighted by Gasteiger charge is 2.12. The van der Waals surface area contributed by atoms with Gasteiger partial charge in [-0.15, -0.1) is 0 Å². The summed E-state index contributed by atoms with van der Waals surface area (Å²) in [4.78, 5) is 23.8. The summed E-state index contributed by atoms with van der Waals surface area (Å²) in [7, 11) is 2.88. The molecule has 2 rings (SSSR count). The molecule has 0 aromatic carbocycles. The molecule has 0 fully saturated rings. The van der Waals surface area contributed by atoms with Crippen LogP contribution in [0.25, 0.3) is 0 Å². The smallest absolute Gasteiger partial charge is 0.276 e. The van der Waals surface area contributed by atoms with Crippen molar-refractivity contribution in [2.45, 2.75) is 0 Å². The highest BCUT2D eigenvalue weighted by molar-refractivity contribution is 6.01. The molecule has 106 valence electrons. The van der Waals surface area contributed by atoms with Crippen LogP contribution in [0.1, 0.15) is 16.1 Å². The lowest BCUT2D eigenvalue weighted by molar-refractivity contribution is 0.102. The molecule has 0 aliphatic heterocycles. The zero-order valence-corrected chi connectivity index (χ0v) is 11.3. The molecule has 0 bridgehead atoms. The average Bonchev–Trinajstić information content (AvgIpc) is 2.54. The van der Waals surface area contributed by atoms with E-state index in [-0.39, 0.29) is 23.4 Å². The van der Waals surface area contributed by atoms with Crippen molar-refractivity contribution in [3.05, 3.63) is 35.7 Å². The monoisotopic (exact) mass is 285 g/mol. The van der Waals surface area contributed by atoms with Gasteiger partial charge < -0.3 is 9.47 Å². The Kier molecular flexibility index (Phi) is 4.26. The van der Waals surface area contributed by atoms with Crippen molar-refractivity contribution in [2.75, 3.05) is 19.5 Å². The van der Waals surface area contributed by atoms with Crippen molar-refractivity contribution in [3.63, 3.8) is 0 Å². The van der Waals surface area contributed by atoms with Gasteiger partial charge in [0, 0.05) is 6.20 Å². The summed E-state index contributed by atoms with van der Waals surface area (Å²) < 4.78 is 9.96. The van der Waals surface area contributed by atoms with Gasteiger partial charge >= 0.3 is 0 Å². The molecule has 0 radical (unpaired) electrons. The van der Waals surface area contributed by atoms with Gasteiger partial charge in [0.05, 0.1) is 25.8 Å². The fourth-order valence-electron chi connectivity index (χ4n) is 1.43. The van der Waals surface area contributed by atoms with Crippen LogP contribution in [0.3, 0.4) is 0 Å². The number of hydrogen-bond donors (Lipinski definition) is 1. The van der Waals surface area contributed by atoms with Crippen LogP contribution < -0.4 is 14.8 Å². The zero-order chi connectivity index (χ0) is 15.2. The first-order valence-corrected chi connectivity index (χ1v) is 5.81. The molecule has 1 N–H and O–H groups in total. The summed E-state index contributed by atoms with van der Waals surface area (Å²) in [6.07, 6.45) is 1.31. The second-order valence-electron chi connectivity index (χ2n) is 3.77. The minimum absolute atomic E-state index is 0.0300. The molecular weight excluding hydrogens is 274 g/mol. The highest BCUT2D eigenvalue weighted by Crippen LogP contribution is 2.17. The molecule has 8 nitrogen and oxygen atoms in total. The summed E-state index contributed by atoms with van der Waals surface area (Å²) in [6, 6.07) is 6.33. The van der Waals surface area contributed by atoms with Crippen LogP contribution in [0.4, 0.5) is 5.95 Å². The molecule has 0 atom stereocenters. The van der Waals surface area contributed by atoms with Gasteiger partial charge in [0.25, 0.3) is 5.91 Å². The number of rotatable bonds is 4. The van der Waals surface area contributed by atoms with Gasteiger partial charge in [-0.3, -0.25) is 10.1 Å². The Morgan fingerprint density at radius 1 is 1.24 bits per heavy atom. The number of nitriles is 1. The van der Waals surface area contributed by atoms with Crippen molar-refractivity contribution in [3.8, 4) is 17.8 Å². The first kappa shape index (κ1) is 14.2. The Labute approximate surface area is 120 Å². The van der Waals surface area contributed by atoms with E-state index >= 15 is 0 Å². The third-order valence-electron chi connectivity index (χ3n) is 2.45. The number of methoxy groups -OCH3 is 2. The normalized spacial score (nSPS) is 9.57. The summed E-state index contributed by atoms with van der Waals surface area (Å²) >= 11 is 0. The third kappa shape index (κ3) is 3.42. The van der Waals surface area contributed by atoms with Gasteiger partial charge in [-0.05, 0) is 12.1 Å². The van der Waals surface area contributed by atoms with Crippen LogP contribution >= 0.6 is 0 Å². The number of aromatic nitrogens is 3. The van der Waals surface area contributed by atoms with Gasteiger partial charge in [0.15, 0.2) is 0 Å². The lowest BCUT2D eigenvalue weighted by Crippen LogP contribution is -2.16. The molecule has 0 aliphatic rings. The molecule has 2 heterocycles. The summed E-state index contributed by atoms with van der Waals surface area (Å²) in [5.74, 6) is 0.0343.